The van der Waals surface area contributed by atoms with Crippen molar-refractivity contribution in [3.63, 3.8) is 0 Å². The number of fused-ring (bicyclic) bond motifs is 2. The highest BCUT2D eigenvalue weighted by molar-refractivity contribution is 5.46. The van der Waals surface area contributed by atoms with Gasteiger partial charge in [0.2, 0.25) is 0 Å². The van der Waals surface area contributed by atoms with Gasteiger partial charge in [-0.3, -0.25) is 0 Å². The molecule has 0 saturated heterocycles. The SMILES string of the molecule is C.C=C/C=C(\C=C/C)C(/C1=C/C=CC(C(C)CC(/C=C\C)C2C3C=CC=CC3C(C3=CC=C(/C(=C/C)CC(C4=C(CCC)CCC=C4)C(C)C)CC3)C3CCCCC32)CC=C1C)C(C1C=CCCC1)C1CC1. The third-order valence-corrected chi connectivity index (χ3v) is 19.6. The van der Waals surface area contributed by atoms with Crippen LogP contribution in [-0.2, 0) is 0 Å². The summed E-state index contributed by atoms with van der Waals surface area (Å²) in [5.41, 5.74) is 12.8. The third kappa shape index (κ3) is 12.9. The van der Waals surface area contributed by atoms with Crippen LogP contribution in [0.3, 0.4) is 0 Å². The second-order valence-electron chi connectivity index (χ2n) is 24.2. The number of allylic oxidation sites excluding steroid dienone is 29. The molecule has 0 heterocycles. The Labute approximate surface area is 443 Å². The summed E-state index contributed by atoms with van der Waals surface area (Å²) in [6.07, 6.45) is 75.6. The maximum absolute atomic E-state index is 4.21. The first-order valence-corrected chi connectivity index (χ1v) is 29.8. The van der Waals surface area contributed by atoms with Gasteiger partial charge in [0, 0.05) is 5.92 Å². The van der Waals surface area contributed by atoms with E-state index in [0.717, 1.165) is 24.2 Å². The van der Waals surface area contributed by atoms with Gasteiger partial charge in [-0.05, 0) is 235 Å². The van der Waals surface area contributed by atoms with Gasteiger partial charge in [-0.15, -0.1) is 0 Å². The van der Waals surface area contributed by atoms with E-state index in [2.05, 4.69) is 183 Å². The van der Waals surface area contributed by atoms with Crippen molar-refractivity contribution in [2.45, 2.75) is 178 Å². The third-order valence-electron chi connectivity index (χ3n) is 19.6. The van der Waals surface area contributed by atoms with Gasteiger partial charge in [0.25, 0.3) is 0 Å². The highest BCUT2D eigenvalue weighted by Gasteiger charge is 2.52. The quantitative estimate of drug-likeness (QED) is 0.0843. The van der Waals surface area contributed by atoms with Crippen molar-refractivity contribution in [1.82, 2.24) is 0 Å². The molecule has 0 N–H and O–H groups in total. The molecule has 8 rings (SSSR count). The molecule has 0 aromatic rings. The fourth-order valence-corrected chi connectivity index (χ4v) is 16.1. The van der Waals surface area contributed by atoms with E-state index < -0.39 is 0 Å². The summed E-state index contributed by atoms with van der Waals surface area (Å²) >= 11 is 0. The normalized spacial score (nSPS) is 31.8. The summed E-state index contributed by atoms with van der Waals surface area (Å²) in [6, 6.07) is 0. The molecule has 0 aromatic carbocycles. The first kappa shape index (κ1) is 55.8. The van der Waals surface area contributed by atoms with Crippen molar-refractivity contribution in [1.29, 1.82) is 0 Å². The van der Waals surface area contributed by atoms with Crippen LogP contribution < -0.4 is 0 Å². The number of hydrogen-bond acceptors (Lipinski definition) is 0. The molecule has 13 unspecified atom stereocenters. The van der Waals surface area contributed by atoms with Crippen LogP contribution in [0.25, 0.3) is 0 Å². The van der Waals surface area contributed by atoms with Crippen molar-refractivity contribution in [2.24, 2.45) is 88.8 Å². The summed E-state index contributed by atoms with van der Waals surface area (Å²) in [5, 5.41) is 0. The molecule has 0 aliphatic heterocycles. The second kappa shape index (κ2) is 27.1. The molecule has 72 heavy (non-hydrogen) atoms. The van der Waals surface area contributed by atoms with Gasteiger partial charge < -0.3 is 0 Å². The molecule has 0 radical (unpaired) electrons. The Hall–Kier alpha value is -3.90. The minimum Gasteiger partial charge on any atom is -0.0991 e. The molecule has 13 atom stereocenters. The Morgan fingerprint density at radius 3 is 2.25 bits per heavy atom. The topological polar surface area (TPSA) is 0 Å². The largest absolute Gasteiger partial charge is 0.0991 e. The summed E-state index contributed by atoms with van der Waals surface area (Å²) in [6.45, 7) is 23.3. The molecule has 0 heteroatoms. The molecule has 3 saturated carbocycles. The van der Waals surface area contributed by atoms with Crippen molar-refractivity contribution in [3.8, 4) is 0 Å². The Morgan fingerprint density at radius 1 is 0.792 bits per heavy atom. The average Bonchev–Trinajstić information content (AvgIpc) is 4.23. The molecular weight excluding hydrogens is 865 g/mol. The van der Waals surface area contributed by atoms with Gasteiger partial charge in [0.15, 0.2) is 0 Å². The van der Waals surface area contributed by atoms with Crippen LogP contribution in [0.2, 0.25) is 0 Å². The van der Waals surface area contributed by atoms with Crippen LogP contribution >= 0.6 is 0 Å². The second-order valence-corrected chi connectivity index (χ2v) is 24.2. The highest BCUT2D eigenvalue weighted by atomic mass is 14.6. The lowest BCUT2D eigenvalue weighted by Crippen LogP contribution is -2.50. The summed E-state index contributed by atoms with van der Waals surface area (Å²) in [5.74, 6) is 9.54. The van der Waals surface area contributed by atoms with E-state index in [4.69, 9.17) is 0 Å². The van der Waals surface area contributed by atoms with E-state index in [1.54, 1.807) is 27.9 Å². The predicted octanol–water partition coefficient (Wildman–Crippen LogP) is 21.1. The van der Waals surface area contributed by atoms with Gasteiger partial charge in [0.05, 0.1) is 0 Å². The van der Waals surface area contributed by atoms with Crippen LogP contribution in [-0.4, -0.2) is 0 Å². The summed E-state index contributed by atoms with van der Waals surface area (Å²) in [7, 11) is 0. The fraction of sp³-hybridized carbons (Fsp3) is 0.583. The minimum atomic E-state index is 0. The molecule has 8 aliphatic rings. The summed E-state index contributed by atoms with van der Waals surface area (Å²) < 4.78 is 0. The standard InChI is InChI=1S/C71H98.CH4/c1-10-25-55-29-18-19-33-62(55)67(49(6)7)48-52(14-5)54-41-43-59(44-42-54)69-63-34-20-22-36-65(63)70(66-37-23-21-35-64(66)69)60(28-13-4)47-51(9)53-32-24-38-61(50(8)39-40-53)71(56(26-11-2)27-12-3)68(58-45-46-58)57-30-16-15-17-31-57;/h11-14,16,19-20,22,24,26-28,30,32-34,36,38-39,41,43,49,51,53,57-58,60,63-71H,2,10,15,17-18,21,23,25,29,31,35,37,40,42,44-48H2,1,3-9H3;1H4/b27-12-,28-13-,32-24?,50-39?,52-14+,56-26+,61-38+;. The van der Waals surface area contributed by atoms with Crippen LogP contribution in [0, 0.1) is 88.8 Å². The van der Waals surface area contributed by atoms with Crippen LogP contribution in [0.15, 0.2) is 179 Å². The zero-order valence-corrected chi connectivity index (χ0v) is 46.2. The average molecular weight is 968 g/mol. The fourth-order valence-electron chi connectivity index (χ4n) is 16.1. The number of hydrogen-bond donors (Lipinski definition) is 0. The lowest BCUT2D eigenvalue weighted by Gasteiger charge is -2.56. The molecule has 0 amide bonds. The van der Waals surface area contributed by atoms with Crippen LogP contribution in [0.1, 0.15) is 178 Å². The van der Waals surface area contributed by atoms with E-state index in [9.17, 15) is 0 Å². The first-order chi connectivity index (χ1) is 34.7. The van der Waals surface area contributed by atoms with E-state index in [0.29, 0.717) is 71.0 Å². The van der Waals surface area contributed by atoms with E-state index in [1.807, 2.05) is 6.08 Å². The first-order valence-electron chi connectivity index (χ1n) is 29.8. The highest BCUT2D eigenvalue weighted by Crippen LogP contribution is 2.60. The molecule has 3 fully saturated rings. The lowest BCUT2D eigenvalue weighted by molar-refractivity contribution is -0.0189. The zero-order chi connectivity index (χ0) is 49.9. The Bertz CT molecular complexity index is 2260. The van der Waals surface area contributed by atoms with Crippen LogP contribution in [0.5, 0.6) is 0 Å². The Kier molecular flexibility index (Phi) is 21.0. The molecular formula is C72H102. The Balaban J connectivity index is 0.00000760. The molecule has 390 valence electrons. The Morgan fingerprint density at radius 2 is 1.58 bits per heavy atom. The smallest absolute Gasteiger partial charge is 0.0128 e. The predicted molar refractivity (Wildman–Crippen MR) is 317 cm³/mol. The molecule has 0 spiro atoms. The van der Waals surface area contributed by atoms with Gasteiger partial charge in [-0.25, -0.2) is 0 Å². The number of rotatable bonds is 20. The lowest BCUT2D eigenvalue weighted by atomic mass is 9.48. The summed E-state index contributed by atoms with van der Waals surface area (Å²) in [4.78, 5) is 0. The molecule has 8 aliphatic carbocycles. The van der Waals surface area contributed by atoms with Gasteiger partial charge >= 0.3 is 0 Å². The van der Waals surface area contributed by atoms with Gasteiger partial charge in [-0.1, -0.05) is 205 Å². The van der Waals surface area contributed by atoms with Crippen molar-refractivity contribution >= 4 is 0 Å². The van der Waals surface area contributed by atoms with Crippen molar-refractivity contribution in [2.75, 3.05) is 0 Å². The van der Waals surface area contributed by atoms with E-state index in [1.165, 1.54) is 126 Å². The van der Waals surface area contributed by atoms with Crippen LogP contribution in [0.4, 0.5) is 0 Å². The van der Waals surface area contributed by atoms with E-state index >= 15 is 0 Å². The van der Waals surface area contributed by atoms with Crippen molar-refractivity contribution in [3.05, 3.63) is 179 Å². The van der Waals surface area contributed by atoms with E-state index in [-0.39, 0.29) is 7.43 Å². The maximum atomic E-state index is 4.21. The maximum Gasteiger partial charge on any atom is 0.0128 e. The molecule has 0 bridgehead atoms. The van der Waals surface area contributed by atoms with Gasteiger partial charge in [-0.2, -0.15) is 0 Å². The monoisotopic (exact) mass is 967 g/mol. The van der Waals surface area contributed by atoms with Gasteiger partial charge in [0.1, 0.15) is 0 Å². The minimum absolute atomic E-state index is 0. The molecule has 0 aromatic heterocycles. The zero-order valence-electron chi connectivity index (χ0n) is 46.2. The molecule has 0 nitrogen and oxygen atoms in total. The van der Waals surface area contributed by atoms with Crippen molar-refractivity contribution < 1.29 is 0 Å².